The first-order chi connectivity index (χ1) is 16.4. The average molecular weight is 446 g/mol. The fourth-order valence-corrected chi connectivity index (χ4v) is 7.62. The van der Waals surface area contributed by atoms with Crippen molar-refractivity contribution in [1.29, 1.82) is 0 Å². The molecule has 7 heteroatoms. The number of hydrogen-bond acceptors (Lipinski definition) is 5. The molecule has 2 aromatic heterocycles. The van der Waals surface area contributed by atoms with Gasteiger partial charge in [0, 0.05) is 15.9 Å². The SMILES string of the molecule is c1ccc(P(=Nc2nc3ccccc3n3nnnc23)(c2ccccc2)c2ccccc2)cc1. The smallest absolute Gasteiger partial charge is 0.224 e. The maximum absolute atomic E-state index is 5.49. The van der Waals surface area contributed by atoms with Gasteiger partial charge in [0.15, 0.2) is 5.82 Å². The van der Waals surface area contributed by atoms with Gasteiger partial charge in [-0.05, 0) is 22.6 Å². The highest BCUT2D eigenvalue weighted by molar-refractivity contribution is 7.87. The summed E-state index contributed by atoms with van der Waals surface area (Å²) in [5, 5.41) is 15.9. The van der Waals surface area contributed by atoms with Crippen molar-refractivity contribution in [2.75, 3.05) is 0 Å². The molecule has 0 fully saturated rings. The monoisotopic (exact) mass is 446 g/mol. The van der Waals surface area contributed by atoms with Crippen molar-refractivity contribution in [2.24, 2.45) is 4.74 Å². The van der Waals surface area contributed by atoms with E-state index in [1.54, 1.807) is 4.52 Å². The molecule has 6 rings (SSSR count). The fourth-order valence-electron chi connectivity index (χ4n) is 4.15. The maximum atomic E-state index is 5.49. The minimum atomic E-state index is -2.48. The molecule has 0 aliphatic rings. The molecule has 0 aliphatic carbocycles. The zero-order valence-electron chi connectivity index (χ0n) is 17.6. The maximum Gasteiger partial charge on any atom is 0.224 e. The van der Waals surface area contributed by atoms with Gasteiger partial charge in [0.25, 0.3) is 0 Å². The van der Waals surface area contributed by atoms with E-state index in [0.29, 0.717) is 11.5 Å². The summed E-state index contributed by atoms with van der Waals surface area (Å²) < 4.78 is 7.21. The van der Waals surface area contributed by atoms with E-state index in [1.807, 2.05) is 42.5 Å². The summed E-state index contributed by atoms with van der Waals surface area (Å²) in [7, 11) is -2.48. The Morgan fingerprint density at radius 3 is 1.70 bits per heavy atom. The molecule has 6 nitrogen and oxygen atoms in total. The van der Waals surface area contributed by atoms with E-state index in [1.165, 1.54) is 0 Å². The molecule has 0 aliphatic heterocycles. The third kappa shape index (κ3) is 3.23. The zero-order chi connectivity index (χ0) is 22.1. The average Bonchev–Trinajstić information content (AvgIpc) is 3.40. The molecule has 0 saturated heterocycles. The van der Waals surface area contributed by atoms with Gasteiger partial charge in [-0.25, -0.2) is 9.73 Å². The normalized spacial score (nSPS) is 11.6. The van der Waals surface area contributed by atoms with E-state index < -0.39 is 7.05 Å². The number of fused-ring (bicyclic) bond motifs is 3. The number of hydrogen-bond donors (Lipinski definition) is 0. The minimum absolute atomic E-state index is 0.531. The highest BCUT2D eigenvalue weighted by Crippen LogP contribution is 2.49. The van der Waals surface area contributed by atoms with Crippen LogP contribution in [0.5, 0.6) is 0 Å². The van der Waals surface area contributed by atoms with Crippen molar-refractivity contribution in [3.05, 3.63) is 115 Å². The summed E-state index contributed by atoms with van der Waals surface area (Å²) in [6.45, 7) is 0. The third-order valence-corrected chi connectivity index (χ3v) is 9.27. The molecule has 0 spiro atoms. The second-order valence-electron chi connectivity index (χ2n) is 7.58. The first-order valence-corrected chi connectivity index (χ1v) is 12.4. The van der Waals surface area contributed by atoms with Crippen LogP contribution in [0.4, 0.5) is 5.82 Å². The van der Waals surface area contributed by atoms with Crippen molar-refractivity contribution in [2.45, 2.75) is 0 Å². The Labute approximate surface area is 190 Å². The number of aromatic nitrogens is 5. The summed E-state index contributed by atoms with van der Waals surface area (Å²) in [5.41, 5.74) is 2.18. The molecule has 0 radical (unpaired) electrons. The van der Waals surface area contributed by atoms with Gasteiger partial charge in [-0.15, -0.1) is 5.10 Å². The lowest BCUT2D eigenvalue weighted by Crippen LogP contribution is -2.25. The number of tetrazole rings is 1. The van der Waals surface area contributed by atoms with Gasteiger partial charge < -0.3 is 0 Å². The standard InChI is InChI=1S/C26H19N6P/c1-4-12-20(13-5-1)33(21-14-6-2-7-15-21,22-16-8-3-9-17-22)29-25-26-28-30-31-32(26)24-19-11-10-18-23(24)27-25/h1-19H. The number of nitrogens with zero attached hydrogens (tertiary/aromatic N) is 6. The van der Waals surface area contributed by atoms with Crippen LogP contribution in [0, 0.1) is 0 Å². The highest BCUT2D eigenvalue weighted by Gasteiger charge is 2.28. The molecule has 33 heavy (non-hydrogen) atoms. The highest BCUT2D eigenvalue weighted by atomic mass is 31.2. The summed E-state index contributed by atoms with van der Waals surface area (Å²) in [4.78, 5) is 4.93. The molecule has 158 valence electrons. The Hall–Kier alpha value is -4.15. The quantitative estimate of drug-likeness (QED) is 0.375. The van der Waals surface area contributed by atoms with Gasteiger partial charge >= 0.3 is 0 Å². The van der Waals surface area contributed by atoms with Crippen molar-refractivity contribution in [1.82, 2.24) is 25.0 Å². The molecule has 0 unspecified atom stereocenters. The van der Waals surface area contributed by atoms with Gasteiger partial charge in [0.2, 0.25) is 5.65 Å². The lowest BCUT2D eigenvalue weighted by Gasteiger charge is -2.26. The molecule has 0 amide bonds. The van der Waals surface area contributed by atoms with Gasteiger partial charge in [-0.3, -0.25) is 0 Å². The third-order valence-electron chi connectivity index (χ3n) is 5.64. The Morgan fingerprint density at radius 1 is 0.606 bits per heavy atom. The van der Waals surface area contributed by atoms with E-state index >= 15 is 0 Å². The van der Waals surface area contributed by atoms with Gasteiger partial charge in [0.05, 0.1) is 18.1 Å². The van der Waals surface area contributed by atoms with Crippen molar-refractivity contribution in [3.63, 3.8) is 0 Å². The Bertz CT molecular complexity index is 1510. The first-order valence-electron chi connectivity index (χ1n) is 10.6. The topological polar surface area (TPSA) is 68.3 Å². The Kier molecular flexibility index (Phi) is 4.78. The van der Waals surface area contributed by atoms with Crippen LogP contribution >= 0.6 is 7.05 Å². The molecule has 0 saturated carbocycles. The molecule has 6 aromatic rings. The minimum Gasteiger partial charge on any atom is -0.231 e. The summed E-state index contributed by atoms with van der Waals surface area (Å²) >= 11 is 0. The second kappa shape index (κ2) is 8.08. The van der Waals surface area contributed by atoms with E-state index in [2.05, 4.69) is 88.3 Å². The van der Waals surface area contributed by atoms with E-state index in [0.717, 1.165) is 26.9 Å². The van der Waals surface area contributed by atoms with Crippen LogP contribution in [-0.4, -0.2) is 25.0 Å². The summed E-state index contributed by atoms with van der Waals surface area (Å²) in [6, 6.07) is 39.2. The number of rotatable bonds is 4. The van der Waals surface area contributed by atoms with Crippen LogP contribution in [0.2, 0.25) is 0 Å². The van der Waals surface area contributed by atoms with Crippen molar-refractivity contribution < 1.29 is 0 Å². The van der Waals surface area contributed by atoms with E-state index in [9.17, 15) is 0 Å². The van der Waals surface area contributed by atoms with Gasteiger partial charge in [0.1, 0.15) is 0 Å². The molecule has 4 aromatic carbocycles. The van der Waals surface area contributed by atoms with Crippen LogP contribution in [0.1, 0.15) is 0 Å². The molecular formula is C26H19N6P. The lowest BCUT2D eigenvalue weighted by molar-refractivity contribution is 0.841. The number of para-hydroxylation sites is 2. The molecule has 2 heterocycles. The van der Waals surface area contributed by atoms with Crippen LogP contribution in [0.15, 0.2) is 120 Å². The predicted molar refractivity (Wildman–Crippen MR) is 133 cm³/mol. The van der Waals surface area contributed by atoms with Crippen LogP contribution < -0.4 is 15.9 Å². The van der Waals surface area contributed by atoms with E-state index in [4.69, 9.17) is 9.73 Å². The zero-order valence-corrected chi connectivity index (χ0v) is 18.5. The van der Waals surface area contributed by atoms with Gasteiger partial charge in [-0.2, -0.15) is 4.52 Å². The fraction of sp³-hybridized carbons (Fsp3) is 0. The molecule has 0 N–H and O–H groups in total. The molecule has 0 bridgehead atoms. The Morgan fingerprint density at radius 2 is 1.12 bits per heavy atom. The summed E-state index contributed by atoms with van der Waals surface area (Å²) in [5.74, 6) is 0.531. The van der Waals surface area contributed by atoms with Crippen LogP contribution in [0.3, 0.4) is 0 Å². The first kappa shape index (κ1) is 19.5. The Balaban J connectivity index is 1.80. The number of benzene rings is 4. The van der Waals surface area contributed by atoms with Crippen LogP contribution in [-0.2, 0) is 0 Å². The molecule has 0 atom stereocenters. The van der Waals surface area contributed by atoms with Crippen LogP contribution in [0.25, 0.3) is 16.7 Å². The lowest BCUT2D eigenvalue weighted by atomic mass is 10.3. The largest absolute Gasteiger partial charge is 0.231 e. The van der Waals surface area contributed by atoms with E-state index in [-0.39, 0.29) is 0 Å². The van der Waals surface area contributed by atoms with Crippen molar-refractivity contribution >= 4 is 45.5 Å². The predicted octanol–water partition coefficient (Wildman–Crippen LogP) is 4.48. The second-order valence-corrected chi connectivity index (χ2v) is 10.6. The van der Waals surface area contributed by atoms with Crippen molar-refractivity contribution in [3.8, 4) is 0 Å². The summed E-state index contributed by atoms with van der Waals surface area (Å²) in [6.07, 6.45) is 0. The van der Waals surface area contributed by atoms with Gasteiger partial charge in [-0.1, -0.05) is 103 Å². The molecular weight excluding hydrogens is 427 g/mol.